The highest BCUT2D eigenvalue weighted by molar-refractivity contribution is 9.13. The van der Waals surface area contributed by atoms with Crippen molar-refractivity contribution in [2.24, 2.45) is 5.73 Å². The van der Waals surface area contributed by atoms with Gasteiger partial charge in [0, 0.05) is 4.47 Å². The van der Waals surface area contributed by atoms with Crippen LogP contribution in [0.2, 0.25) is 0 Å². The van der Waals surface area contributed by atoms with E-state index in [1.54, 1.807) is 6.07 Å². The Bertz CT molecular complexity index is 436. The summed E-state index contributed by atoms with van der Waals surface area (Å²) in [5, 5.41) is 18.3. The molecule has 0 radical (unpaired) electrons. The Morgan fingerprint density at radius 2 is 1.94 bits per heavy atom. The van der Waals surface area contributed by atoms with Crippen molar-refractivity contribution in [3.63, 3.8) is 0 Å². The van der Waals surface area contributed by atoms with Crippen molar-refractivity contribution < 1.29 is 15.0 Å². The second kappa shape index (κ2) is 5.48. The van der Waals surface area contributed by atoms with E-state index in [4.69, 9.17) is 10.8 Å². The third-order valence-corrected chi connectivity index (χ3v) is 4.78. The smallest absolute Gasteiger partial charge is 0.320 e. The van der Waals surface area contributed by atoms with Gasteiger partial charge in [-0.3, -0.25) is 4.79 Å². The molecule has 0 fully saturated rings. The largest absolute Gasteiger partial charge is 0.506 e. The van der Waals surface area contributed by atoms with Crippen molar-refractivity contribution >= 4 is 53.8 Å². The van der Waals surface area contributed by atoms with E-state index in [1.807, 2.05) is 0 Å². The normalized spacial score (nSPS) is 12.5. The molecule has 7 heteroatoms. The zero-order valence-corrected chi connectivity index (χ0v) is 12.6. The van der Waals surface area contributed by atoms with E-state index in [0.717, 1.165) is 0 Å². The van der Waals surface area contributed by atoms with Crippen LogP contribution in [0.4, 0.5) is 0 Å². The van der Waals surface area contributed by atoms with Gasteiger partial charge in [0.2, 0.25) is 0 Å². The van der Waals surface area contributed by atoms with Gasteiger partial charge in [0.1, 0.15) is 11.8 Å². The van der Waals surface area contributed by atoms with Crippen LogP contribution in [0.1, 0.15) is 5.56 Å². The number of aliphatic carboxylic acids is 1. The molecule has 0 amide bonds. The number of aromatic hydroxyl groups is 1. The van der Waals surface area contributed by atoms with Crippen molar-refractivity contribution in [1.82, 2.24) is 0 Å². The van der Waals surface area contributed by atoms with E-state index in [0.29, 0.717) is 19.0 Å². The molecule has 0 aliphatic rings. The number of nitrogens with two attached hydrogens (primary N) is 1. The second-order valence-corrected chi connectivity index (χ2v) is 5.58. The zero-order chi connectivity index (χ0) is 12.5. The van der Waals surface area contributed by atoms with Gasteiger partial charge in [0.25, 0.3) is 0 Å². The quantitative estimate of drug-likeness (QED) is 0.660. The van der Waals surface area contributed by atoms with Gasteiger partial charge in [0.15, 0.2) is 0 Å². The Kier molecular flexibility index (Phi) is 4.78. The molecule has 1 aromatic carbocycles. The second-order valence-electron chi connectivity index (χ2n) is 3.14. The molecule has 0 unspecified atom stereocenters. The van der Waals surface area contributed by atoms with Crippen LogP contribution >= 0.6 is 47.8 Å². The lowest BCUT2D eigenvalue weighted by molar-refractivity contribution is -0.138. The zero-order valence-electron chi connectivity index (χ0n) is 7.88. The lowest BCUT2D eigenvalue weighted by atomic mass is 10.1. The minimum absolute atomic E-state index is 0.0551. The average Bonchev–Trinajstić information content (AvgIpc) is 2.22. The van der Waals surface area contributed by atoms with Crippen molar-refractivity contribution in [3.05, 3.63) is 25.0 Å². The highest BCUT2D eigenvalue weighted by Crippen LogP contribution is 2.40. The predicted octanol–water partition coefficient (Wildman–Crippen LogP) is 2.63. The first-order valence-electron chi connectivity index (χ1n) is 4.18. The molecule has 1 atom stereocenters. The van der Waals surface area contributed by atoms with Crippen molar-refractivity contribution in [1.29, 1.82) is 0 Å². The number of hydrogen-bond donors (Lipinski definition) is 3. The van der Waals surface area contributed by atoms with Crippen molar-refractivity contribution in [2.75, 3.05) is 0 Å². The molecular weight excluding hydrogens is 410 g/mol. The average molecular weight is 418 g/mol. The molecule has 1 aromatic rings. The van der Waals surface area contributed by atoms with Crippen LogP contribution in [0.25, 0.3) is 0 Å². The Morgan fingerprint density at radius 3 is 2.44 bits per heavy atom. The maximum absolute atomic E-state index is 10.6. The van der Waals surface area contributed by atoms with Crippen LogP contribution in [0.15, 0.2) is 19.5 Å². The summed E-state index contributed by atoms with van der Waals surface area (Å²) in [7, 11) is 0. The maximum atomic E-state index is 10.6. The molecule has 0 saturated carbocycles. The number of phenols is 1. The maximum Gasteiger partial charge on any atom is 0.320 e. The summed E-state index contributed by atoms with van der Waals surface area (Å²) < 4.78 is 1.55. The fraction of sp³-hybridized carbons (Fsp3) is 0.222. The SMILES string of the molecule is N[C@@H](Cc1cc(Br)c(O)c(Br)c1Br)C(=O)O. The van der Waals surface area contributed by atoms with Crippen LogP contribution in [0.3, 0.4) is 0 Å². The monoisotopic (exact) mass is 415 g/mol. The standard InChI is InChI=1S/C9H8Br3NO3/c10-4-1-3(2-5(13)9(15)16)6(11)7(12)8(4)14/h1,5,14H,2,13H2,(H,15,16)/t5-/m0/s1. The number of rotatable bonds is 3. The number of carboxylic acid groups (broad SMARTS) is 1. The lowest BCUT2D eigenvalue weighted by Crippen LogP contribution is -2.32. The molecule has 4 nitrogen and oxygen atoms in total. The third kappa shape index (κ3) is 2.97. The molecule has 0 aliphatic carbocycles. The molecule has 4 N–H and O–H groups in total. The van der Waals surface area contributed by atoms with E-state index < -0.39 is 12.0 Å². The number of hydrogen-bond acceptors (Lipinski definition) is 3. The van der Waals surface area contributed by atoms with Gasteiger partial charge in [-0.1, -0.05) is 0 Å². The summed E-state index contributed by atoms with van der Waals surface area (Å²) in [4.78, 5) is 10.6. The summed E-state index contributed by atoms with van der Waals surface area (Å²) in [6, 6.07) is 0.659. The number of carbonyl (C=O) groups is 1. The van der Waals surface area contributed by atoms with E-state index in [-0.39, 0.29) is 12.2 Å². The van der Waals surface area contributed by atoms with Gasteiger partial charge < -0.3 is 15.9 Å². The summed E-state index contributed by atoms with van der Waals surface area (Å²) in [5.74, 6) is -1.01. The Balaban J connectivity index is 3.11. The topological polar surface area (TPSA) is 83.5 Å². The fourth-order valence-corrected chi connectivity index (χ4v) is 2.78. The number of carboxylic acids is 1. The molecule has 88 valence electrons. The molecule has 0 aliphatic heterocycles. The van der Waals surface area contributed by atoms with Crippen LogP contribution in [-0.2, 0) is 11.2 Å². The molecule has 16 heavy (non-hydrogen) atoms. The molecular formula is C9H8Br3NO3. The predicted molar refractivity (Wildman–Crippen MR) is 70.5 cm³/mol. The van der Waals surface area contributed by atoms with Crippen LogP contribution in [0, 0.1) is 0 Å². The molecule has 0 spiro atoms. The molecule has 0 saturated heterocycles. The van der Waals surface area contributed by atoms with E-state index in [1.165, 1.54) is 0 Å². The minimum Gasteiger partial charge on any atom is -0.506 e. The van der Waals surface area contributed by atoms with Gasteiger partial charge >= 0.3 is 5.97 Å². The first-order valence-corrected chi connectivity index (χ1v) is 6.56. The number of phenolic OH excluding ortho intramolecular Hbond substituents is 1. The fourth-order valence-electron chi connectivity index (χ4n) is 1.11. The lowest BCUT2D eigenvalue weighted by Gasteiger charge is -2.12. The Morgan fingerprint density at radius 1 is 1.38 bits per heavy atom. The Hall–Kier alpha value is -0.110. The summed E-state index contributed by atoms with van der Waals surface area (Å²) >= 11 is 9.63. The summed E-state index contributed by atoms with van der Waals surface area (Å²) in [6.07, 6.45) is 0.174. The first-order chi connectivity index (χ1) is 7.34. The summed E-state index contributed by atoms with van der Waals surface area (Å²) in [6.45, 7) is 0. The van der Waals surface area contributed by atoms with Crippen LogP contribution in [-0.4, -0.2) is 22.2 Å². The van der Waals surface area contributed by atoms with E-state index in [9.17, 15) is 9.90 Å². The molecule has 0 heterocycles. The van der Waals surface area contributed by atoms with Gasteiger partial charge in [-0.15, -0.1) is 0 Å². The Labute approximate surface area is 117 Å². The highest BCUT2D eigenvalue weighted by Gasteiger charge is 2.18. The van der Waals surface area contributed by atoms with E-state index >= 15 is 0 Å². The number of halogens is 3. The number of benzene rings is 1. The van der Waals surface area contributed by atoms with Crippen molar-refractivity contribution in [3.8, 4) is 5.75 Å². The van der Waals surface area contributed by atoms with Gasteiger partial charge in [-0.05, 0) is 65.8 Å². The highest BCUT2D eigenvalue weighted by atomic mass is 79.9. The van der Waals surface area contributed by atoms with Gasteiger partial charge in [-0.2, -0.15) is 0 Å². The van der Waals surface area contributed by atoms with Crippen LogP contribution < -0.4 is 5.73 Å². The molecule has 0 bridgehead atoms. The van der Waals surface area contributed by atoms with E-state index in [2.05, 4.69) is 47.8 Å². The molecule has 0 aromatic heterocycles. The minimum atomic E-state index is -1.06. The molecule has 1 rings (SSSR count). The van der Waals surface area contributed by atoms with Crippen LogP contribution in [0.5, 0.6) is 5.75 Å². The third-order valence-electron chi connectivity index (χ3n) is 1.97. The van der Waals surface area contributed by atoms with Gasteiger partial charge in [-0.25, -0.2) is 0 Å². The summed E-state index contributed by atoms with van der Waals surface area (Å²) in [5.41, 5.74) is 6.14. The van der Waals surface area contributed by atoms with Gasteiger partial charge in [0.05, 0.1) is 8.95 Å². The van der Waals surface area contributed by atoms with Crippen molar-refractivity contribution in [2.45, 2.75) is 12.5 Å². The first kappa shape index (κ1) is 14.0.